The molecule has 27 heavy (non-hydrogen) atoms. The van der Waals surface area contributed by atoms with Gasteiger partial charge in [0.2, 0.25) is 0 Å². The molecule has 0 bridgehead atoms. The Hall–Kier alpha value is -3.15. The quantitative estimate of drug-likeness (QED) is 0.473. The third-order valence-electron chi connectivity index (χ3n) is 4.21. The van der Waals surface area contributed by atoms with Crippen LogP contribution >= 0.6 is 0 Å². The van der Waals surface area contributed by atoms with Gasteiger partial charge in [0.25, 0.3) is 0 Å². The topological polar surface area (TPSA) is 107 Å². The molecule has 0 radical (unpaired) electrons. The number of hydrogen-bond acceptors (Lipinski definition) is 5. The molecule has 0 amide bonds. The smallest absolute Gasteiger partial charge is 0.338 e. The van der Waals surface area contributed by atoms with E-state index in [-0.39, 0.29) is 34.4 Å². The van der Waals surface area contributed by atoms with E-state index in [4.69, 9.17) is 10.5 Å². The predicted octanol–water partition coefficient (Wildman–Crippen LogP) is 3.67. The Morgan fingerprint density at radius 1 is 1.00 bits per heavy atom. The van der Waals surface area contributed by atoms with Gasteiger partial charge >= 0.3 is 11.9 Å². The number of hydrogen-bond donors (Lipinski definition) is 2. The maximum absolute atomic E-state index is 13.1. The molecule has 2 aromatic carbocycles. The zero-order chi connectivity index (χ0) is 20.4. The lowest BCUT2D eigenvalue weighted by Gasteiger charge is -2.19. The summed E-state index contributed by atoms with van der Waals surface area (Å²) in [6.07, 6.45) is 0. The molecule has 0 aliphatic rings. The van der Waals surface area contributed by atoms with Crippen LogP contribution in [0, 0.1) is 0 Å². The van der Waals surface area contributed by atoms with E-state index in [0.29, 0.717) is 5.56 Å². The standard InChI is InChI=1S/C21H23NO5/c1-5-27-20(26)14-10-11-15(19(24)25)17(22)16(14)18(23)12-6-8-13(9-7-12)21(2,3)4/h6-11H,5,22H2,1-4H3,(H,24,25). The molecule has 0 fully saturated rings. The van der Waals surface area contributed by atoms with E-state index in [1.807, 2.05) is 12.1 Å². The maximum Gasteiger partial charge on any atom is 0.338 e. The third kappa shape index (κ3) is 4.16. The highest BCUT2D eigenvalue weighted by molar-refractivity contribution is 6.19. The van der Waals surface area contributed by atoms with Gasteiger partial charge in [-0.3, -0.25) is 4.79 Å². The number of carboxylic acid groups (broad SMARTS) is 1. The van der Waals surface area contributed by atoms with Crippen LogP contribution in [0.2, 0.25) is 0 Å². The summed E-state index contributed by atoms with van der Waals surface area (Å²) in [4.78, 5) is 36.7. The molecule has 0 unspecified atom stereocenters. The SMILES string of the molecule is CCOC(=O)c1ccc(C(=O)O)c(N)c1C(=O)c1ccc(C(C)(C)C)cc1. The number of carbonyl (C=O) groups is 3. The van der Waals surface area contributed by atoms with E-state index in [1.165, 1.54) is 12.1 Å². The van der Waals surface area contributed by atoms with Crippen molar-refractivity contribution in [2.75, 3.05) is 12.3 Å². The van der Waals surface area contributed by atoms with E-state index < -0.39 is 17.7 Å². The zero-order valence-electron chi connectivity index (χ0n) is 15.8. The van der Waals surface area contributed by atoms with Gasteiger partial charge in [0.1, 0.15) is 0 Å². The van der Waals surface area contributed by atoms with Crippen LogP contribution in [0.25, 0.3) is 0 Å². The van der Waals surface area contributed by atoms with Crippen LogP contribution in [0.4, 0.5) is 5.69 Å². The molecule has 0 atom stereocenters. The first-order valence-corrected chi connectivity index (χ1v) is 8.56. The Balaban J connectivity index is 2.60. The molecular formula is C21H23NO5. The molecule has 0 aromatic heterocycles. The molecule has 0 aliphatic heterocycles. The fraction of sp³-hybridized carbons (Fsp3) is 0.286. The number of aromatic carboxylic acids is 1. The second kappa shape index (κ2) is 7.61. The van der Waals surface area contributed by atoms with Crippen LogP contribution in [0.3, 0.4) is 0 Å². The number of carboxylic acids is 1. The van der Waals surface area contributed by atoms with Crippen LogP contribution in [0.1, 0.15) is 69.9 Å². The molecule has 6 nitrogen and oxygen atoms in total. The average molecular weight is 369 g/mol. The highest BCUT2D eigenvalue weighted by Crippen LogP contribution is 2.28. The lowest BCUT2D eigenvalue weighted by molar-refractivity contribution is 0.0522. The Morgan fingerprint density at radius 2 is 1.56 bits per heavy atom. The Morgan fingerprint density at radius 3 is 2.04 bits per heavy atom. The molecule has 0 aliphatic carbocycles. The van der Waals surface area contributed by atoms with Crippen molar-refractivity contribution in [3.8, 4) is 0 Å². The molecule has 6 heteroatoms. The average Bonchev–Trinajstić information content (AvgIpc) is 2.60. The molecular weight excluding hydrogens is 346 g/mol. The molecule has 0 saturated carbocycles. The van der Waals surface area contributed by atoms with Crippen molar-refractivity contribution < 1.29 is 24.2 Å². The third-order valence-corrected chi connectivity index (χ3v) is 4.21. The van der Waals surface area contributed by atoms with Gasteiger partial charge < -0.3 is 15.6 Å². The summed E-state index contributed by atoms with van der Waals surface area (Å²) in [6.45, 7) is 7.91. The van der Waals surface area contributed by atoms with Crippen molar-refractivity contribution in [2.24, 2.45) is 0 Å². The number of benzene rings is 2. The van der Waals surface area contributed by atoms with Crippen LogP contribution in [-0.2, 0) is 10.2 Å². The van der Waals surface area contributed by atoms with Gasteiger partial charge in [-0.1, -0.05) is 45.0 Å². The molecule has 3 N–H and O–H groups in total. The van der Waals surface area contributed by atoms with Gasteiger partial charge in [0.05, 0.1) is 29.0 Å². The zero-order valence-corrected chi connectivity index (χ0v) is 15.8. The highest BCUT2D eigenvalue weighted by Gasteiger charge is 2.26. The number of esters is 1. The van der Waals surface area contributed by atoms with Gasteiger partial charge in [-0.25, -0.2) is 9.59 Å². The first kappa shape index (κ1) is 20.2. The molecule has 142 valence electrons. The summed E-state index contributed by atoms with van der Waals surface area (Å²) in [6, 6.07) is 9.40. The Labute approximate surface area is 158 Å². The predicted molar refractivity (Wildman–Crippen MR) is 102 cm³/mol. The largest absolute Gasteiger partial charge is 0.478 e. The first-order valence-electron chi connectivity index (χ1n) is 8.56. The fourth-order valence-corrected chi connectivity index (χ4v) is 2.70. The minimum atomic E-state index is -1.28. The lowest BCUT2D eigenvalue weighted by atomic mass is 9.86. The normalized spacial score (nSPS) is 11.1. The van der Waals surface area contributed by atoms with Crippen molar-refractivity contribution in [1.29, 1.82) is 0 Å². The van der Waals surface area contributed by atoms with E-state index >= 15 is 0 Å². The van der Waals surface area contributed by atoms with Crippen molar-refractivity contribution in [3.05, 3.63) is 64.2 Å². The summed E-state index contributed by atoms with van der Waals surface area (Å²) in [7, 11) is 0. The van der Waals surface area contributed by atoms with E-state index in [0.717, 1.165) is 5.56 Å². The molecule has 0 heterocycles. The minimum Gasteiger partial charge on any atom is -0.478 e. The van der Waals surface area contributed by atoms with Crippen molar-refractivity contribution in [2.45, 2.75) is 33.1 Å². The number of nitrogens with two attached hydrogens (primary N) is 1. The van der Waals surface area contributed by atoms with E-state index in [2.05, 4.69) is 20.8 Å². The molecule has 0 saturated heterocycles. The second-order valence-electron chi connectivity index (χ2n) is 7.13. The van der Waals surface area contributed by atoms with Crippen LogP contribution < -0.4 is 5.73 Å². The number of anilines is 1. The number of ketones is 1. The van der Waals surface area contributed by atoms with Gasteiger partial charge in [-0.05, 0) is 30.0 Å². The Kier molecular flexibility index (Phi) is 5.69. The molecule has 2 aromatic rings. The summed E-state index contributed by atoms with van der Waals surface area (Å²) >= 11 is 0. The van der Waals surface area contributed by atoms with Crippen LogP contribution in [0.15, 0.2) is 36.4 Å². The monoisotopic (exact) mass is 369 g/mol. The number of rotatable bonds is 5. The van der Waals surface area contributed by atoms with Crippen LogP contribution in [-0.4, -0.2) is 29.4 Å². The fourth-order valence-electron chi connectivity index (χ4n) is 2.70. The van der Waals surface area contributed by atoms with Crippen molar-refractivity contribution in [3.63, 3.8) is 0 Å². The number of carbonyl (C=O) groups excluding carboxylic acids is 2. The second-order valence-corrected chi connectivity index (χ2v) is 7.13. The number of ether oxygens (including phenoxy) is 1. The highest BCUT2D eigenvalue weighted by atomic mass is 16.5. The van der Waals surface area contributed by atoms with Gasteiger partial charge in [-0.15, -0.1) is 0 Å². The lowest BCUT2D eigenvalue weighted by Crippen LogP contribution is -2.18. The summed E-state index contributed by atoms with van der Waals surface area (Å²) in [5.41, 5.74) is 6.51. The van der Waals surface area contributed by atoms with Crippen molar-refractivity contribution in [1.82, 2.24) is 0 Å². The van der Waals surface area contributed by atoms with E-state index in [1.54, 1.807) is 19.1 Å². The summed E-state index contributed by atoms with van der Waals surface area (Å²) < 4.78 is 4.98. The summed E-state index contributed by atoms with van der Waals surface area (Å²) in [5.74, 6) is -2.53. The minimum absolute atomic E-state index is 0.0516. The van der Waals surface area contributed by atoms with Gasteiger partial charge in [0.15, 0.2) is 5.78 Å². The summed E-state index contributed by atoms with van der Waals surface area (Å²) in [5, 5.41) is 9.29. The Bertz CT molecular complexity index is 892. The van der Waals surface area contributed by atoms with E-state index in [9.17, 15) is 19.5 Å². The van der Waals surface area contributed by atoms with Crippen LogP contribution in [0.5, 0.6) is 0 Å². The molecule has 0 spiro atoms. The van der Waals surface area contributed by atoms with Gasteiger partial charge in [0, 0.05) is 5.56 Å². The van der Waals surface area contributed by atoms with Crippen molar-refractivity contribution >= 4 is 23.4 Å². The van der Waals surface area contributed by atoms with Gasteiger partial charge in [-0.2, -0.15) is 0 Å². The maximum atomic E-state index is 13.1. The number of nitrogen functional groups attached to an aromatic ring is 1. The molecule has 2 rings (SSSR count). The first-order chi connectivity index (χ1) is 12.6.